The summed E-state index contributed by atoms with van der Waals surface area (Å²) in [4.78, 5) is 12.6. The van der Waals surface area contributed by atoms with Crippen LogP contribution in [0.3, 0.4) is 0 Å². The highest BCUT2D eigenvalue weighted by molar-refractivity contribution is 7.90. The molecule has 0 fully saturated rings. The first-order valence-electron chi connectivity index (χ1n) is 6.95. The van der Waals surface area contributed by atoms with Crippen LogP contribution >= 0.6 is 0 Å². The fourth-order valence-electron chi connectivity index (χ4n) is 2.18. The first kappa shape index (κ1) is 16.2. The topological polar surface area (TPSA) is 63.2 Å². The second-order valence-electron chi connectivity index (χ2n) is 5.35. The zero-order valence-corrected chi connectivity index (χ0v) is 13.6. The van der Waals surface area contributed by atoms with E-state index in [0.717, 1.165) is 17.4 Å². The quantitative estimate of drug-likeness (QED) is 0.943. The van der Waals surface area contributed by atoms with E-state index in [1.54, 1.807) is 13.0 Å². The van der Waals surface area contributed by atoms with Gasteiger partial charge in [0.25, 0.3) is 5.91 Å². The van der Waals surface area contributed by atoms with Crippen molar-refractivity contribution in [3.63, 3.8) is 0 Å². The Bertz CT molecular complexity index is 783. The number of carbonyl (C=O) groups is 1. The molecule has 116 valence electrons. The molecule has 22 heavy (non-hydrogen) atoms. The van der Waals surface area contributed by atoms with Crippen molar-refractivity contribution in [3.05, 3.63) is 65.2 Å². The number of hydrogen-bond acceptors (Lipinski definition) is 3. The van der Waals surface area contributed by atoms with Crippen molar-refractivity contribution < 1.29 is 13.2 Å². The van der Waals surface area contributed by atoms with E-state index in [4.69, 9.17) is 0 Å². The summed E-state index contributed by atoms with van der Waals surface area (Å²) in [6, 6.07) is 14.0. The molecule has 0 saturated carbocycles. The predicted octanol–water partition coefficient (Wildman–Crippen LogP) is 2.89. The number of sulfone groups is 1. The van der Waals surface area contributed by atoms with Gasteiger partial charge in [0.1, 0.15) is 0 Å². The van der Waals surface area contributed by atoms with Crippen molar-refractivity contribution in [3.8, 4) is 0 Å². The van der Waals surface area contributed by atoms with Crippen LogP contribution in [0.25, 0.3) is 0 Å². The van der Waals surface area contributed by atoms with Crippen LogP contribution in [0.1, 0.15) is 34.5 Å². The summed E-state index contributed by atoms with van der Waals surface area (Å²) in [6.07, 6.45) is 1.13. The van der Waals surface area contributed by atoms with E-state index >= 15 is 0 Å². The Kier molecular flexibility index (Phi) is 4.66. The molecule has 1 atom stereocenters. The zero-order chi connectivity index (χ0) is 16.3. The summed E-state index contributed by atoms with van der Waals surface area (Å²) in [5.74, 6) is -0.278. The lowest BCUT2D eigenvalue weighted by Crippen LogP contribution is -2.27. The first-order valence-corrected chi connectivity index (χ1v) is 8.84. The van der Waals surface area contributed by atoms with Gasteiger partial charge >= 0.3 is 0 Å². The minimum atomic E-state index is -3.34. The molecule has 1 N–H and O–H groups in total. The highest BCUT2D eigenvalue weighted by Crippen LogP contribution is 2.18. The third kappa shape index (κ3) is 3.74. The molecular formula is C17H19NO3S. The monoisotopic (exact) mass is 317 g/mol. The van der Waals surface area contributed by atoms with E-state index in [-0.39, 0.29) is 16.8 Å². The van der Waals surface area contributed by atoms with Crippen LogP contribution < -0.4 is 5.32 Å². The third-order valence-corrected chi connectivity index (χ3v) is 4.64. The van der Waals surface area contributed by atoms with E-state index in [0.29, 0.717) is 5.56 Å². The maximum atomic E-state index is 12.4. The lowest BCUT2D eigenvalue weighted by atomic mass is 10.1. The minimum Gasteiger partial charge on any atom is -0.346 e. The van der Waals surface area contributed by atoms with Gasteiger partial charge in [0.05, 0.1) is 10.9 Å². The second-order valence-corrected chi connectivity index (χ2v) is 7.37. The molecule has 0 aliphatic rings. The van der Waals surface area contributed by atoms with Crippen molar-refractivity contribution >= 4 is 15.7 Å². The molecule has 1 unspecified atom stereocenters. The minimum absolute atomic E-state index is 0.149. The van der Waals surface area contributed by atoms with Gasteiger partial charge in [-0.1, -0.05) is 36.4 Å². The molecular weight excluding hydrogens is 298 g/mol. The van der Waals surface area contributed by atoms with Gasteiger partial charge in [-0.25, -0.2) is 8.42 Å². The van der Waals surface area contributed by atoms with Gasteiger partial charge in [-0.15, -0.1) is 0 Å². The molecule has 0 aliphatic heterocycles. The van der Waals surface area contributed by atoms with E-state index in [1.165, 1.54) is 12.1 Å². The Hall–Kier alpha value is -2.14. The number of hydrogen-bond donors (Lipinski definition) is 1. The SMILES string of the molecule is Cc1ccc(S(C)(=O)=O)cc1C(=O)NC(C)c1ccccc1. The van der Waals surface area contributed by atoms with Gasteiger partial charge in [-0.2, -0.15) is 0 Å². The van der Waals surface area contributed by atoms with Gasteiger partial charge < -0.3 is 5.32 Å². The van der Waals surface area contributed by atoms with Crippen LogP contribution in [0.5, 0.6) is 0 Å². The Balaban J connectivity index is 2.26. The molecule has 0 bridgehead atoms. The molecule has 0 radical (unpaired) electrons. The second kappa shape index (κ2) is 6.32. The standard InChI is InChI=1S/C17H19NO3S/c1-12-9-10-15(22(3,20)21)11-16(12)17(19)18-13(2)14-7-5-4-6-8-14/h4-11,13H,1-3H3,(H,18,19). The Morgan fingerprint density at radius 3 is 2.32 bits per heavy atom. The molecule has 4 nitrogen and oxygen atoms in total. The average Bonchev–Trinajstić information content (AvgIpc) is 2.47. The molecule has 2 aromatic rings. The zero-order valence-electron chi connectivity index (χ0n) is 12.8. The van der Waals surface area contributed by atoms with Gasteiger partial charge in [0.2, 0.25) is 0 Å². The van der Waals surface area contributed by atoms with Gasteiger partial charge in [0, 0.05) is 11.8 Å². The molecule has 5 heteroatoms. The molecule has 2 rings (SSSR count). The normalized spacial score (nSPS) is 12.7. The molecule has 0 saturated heterocycles. The Morgan fingerprint density at radius 2 is 1.73 bits per heavy atom. The van der Waals surface area contributed by atoms with E-state index < -0.39 is 9.84 Å². The van der Waals surface area contributed by atoms with Crippen LogP contribution in [0.4, 0.5) is 0 Å². The maximum absolute atomic E-state index is 12.4. The fraction of sp³-hybridized carbons (Fsp3) is 0.235. The number of rotatable bonds is 4. The summed E-state index contributed by atoms with van der Waals surface area (Å²) >= 11 is 0. The number of benzene rings is 2. The van der Waals surface area contributed by atoms with Gasteiger partial charge in [-0.3, -0.25) is 4.79 Å². The van der Waals surface area contributed by atoms with Crippen LogP contribution in [0.15, 0.2) is 53.4 Å². The summed E-state index contributed by atoms with van der Waals surface area (Å²) in [5, 5.41) is 2.90. The van der Waals surface area contributed by atoms with Crippen molar-refractivity contribution in [1.82, 2.24) is 5.32 Å². The summed E-state index contributed by atoms with van der Waals surface area (Å²) < 4.78 is 23.3. The van der Waals surface area contributed by atoms with Crippen LogP contribution in [-0.4, -0.2) is 20.6 Å². The number of carbonyl (C=O) groups excluding carboxylic acids is 1. The summed E-state index contributed by atoms with van der Waals surface area (Å²) in [7, 11) is -3.34. The van der Waals surface area contributed by atoms with Crippen LogP contribution in [0.2, 0.25) is 0 Å². The highest BCUT2D eigenvalue weighted by atomic mass is 32.2. The first-order chi connectivity index (χ1) is 10.3. The number of amides is 1. The summed E-state index contributed by atoms with van der Waals surface area (Å²) in [6.45, 7) is 3.68. The van der Waals surface area contributed by atoms with Crippen LogP contribution in [-0.2, 0) is 9.84 Å². The average molecular weight is 317 g/mol. The Labute approximate surface area is 131 Å². The van der Waals surface area contributed by atoms with E-state index in [1.807, 2.05) is 37.3 Å². The fourth-order valence-corrected chi connectivity index (χ4v) is 2.82. The van der Waals surface area contributed by atoms with Crippen molar-refractivity contribution in [1.29, 1.82) is 0 Å². The van der Waals surface area contributed by atoms with E-state index in [9.17, 15) is 13.2 Å². The molecule has 0 aromatic heterocycles. The Morgan fingerprint density at radius 1 is 1.09 bits per heavy atom. The van der Waals surface area contributed by atoms with E-state index in [2.05, 4.69) is 5.32 Å². The number of aryl methyl sites for hydroxylation is 1. The molecule has 0 spiro atoms. The molecule has 2 aromatic carbocycles. The lowest BCUT2D eigenvalue weighted by Gasteiger charge is -2.15. The van der Waals surface area contributed by atoms with Gasteiger partial charge in [-0.05, 0) is 37.1 Å². The maximum Gasteiger partial charge on any atom is 0.252 e. The lowest BCUT2D eigenvalue weighted by molar-refractivity contribution is 0.0939. The van der Waals surface area contributed by atoms with Crippen LogP contribution in [0, 0.1) is 6.92 Å². The van der Waals surface area contributed by atoms with Crippen molar-refractivity contribution in [2.75, 3.05) is 6.26 Å². The van der Waals surface area contributed by atoms with Gasteiger partial charge in [0.15, 0.2) is 9.84 Å². The largest absolute Gasteiger partial charge is 0.346 e. The third-order valence-electron chi connectivity index (χ3n) is 3.53. The molecule has 0 heterocycles. The predicted molar refractivity (Wildman–Crippen MR) is 86.6 cm³/mol. The number of nitrogens with one attached hydrogen (secondary N) is 1. The molecule has 1 amide bonds. The summed E-state index contributed by atoms with van der Waals surface area (Å²) in [5.41, 5.74) is 2.11. The smallest absolute Gasteiger partial charge is 0.252 e. The highest BCUT2D eigenvalue weighted by Gasteiger charge is 2.16. The molecule has 0 aliphatic carbocycles. The van der Waals surface area contributed by atoms with Crippen molar-refractivity contribution in [2.24, 2.45) is 0 Å². The van der Waals surface area contributed by atoms with Crippen molar-refractivity contribution in [2.45, 2.75) is 24.8 Å².